The molecular weight excluding hydrogens is 473 g/mol. The zero-order valence-corrected chi connectivity index (χ0v) is 19.7. The highest BCUT2D eigenvalue weighted by Crippen LogP contribution is 2.27. The molecule has 32 heavy (non-hydrogen) atoms. The molecular formula is C22H21ClFN3O3S2. The molecule has 0 aliphatic carbocycles. The fourth-order valence-electron chi connectivity index (χ4n) is 3.57. The lowest BCUT2D eigenvalue weighted by Gasteiger charge is -2.34. The molecule has 1 saturated heterocycles. The summed E-state index contributed by atoms with van der Waals surface area (Å²) in [5, 5.41) is 0.956. The van der Waals surface area contributed by atoms with Gasteiger partial charge in [-0.3, -0.25) is 4.79 Å². The van der Waals surface area contributed by atoms with Crippen molar-refractivity contribution in [1.82, 2.24) is 14.2 Å². The molecule has 1 aromatic heterocycles. The molecule has 0 atom stereocenters. The Labute approximate surface area is 195 Å². The lowest BCUT2D eigenvalue weighted by atomic mass is 10.1. The van der Waals surface area contributed by atoms with Crippen LogP contribution in [0.1, 0.15) is 25.9 Å². The van der Waals surface area contributed by atoms with Gasteiger partial charge in [-0.2, -0.15) is 4.31 Å². The fourth-order valence-corrected chi connectivity index (χ4v) is 6.55. The van der Waals surface area contributed by atoms with E-state index in [-0.39, 0.29) is 47.8 Å². The van der Waals surface area contributed by atoms with Gasteiger partial charge in [-0.25, -0.2) is 17.8 Å². The van der Waals surface area contributed by atoms with Crippen molar-refractivity contribution < 1.29 is 17.6 Å². The summed E-state index contributed by atoms with van der Waals surface area (Å²) in [5.41, 5.74) is 1.56. The number of sulfonamides is 1. The second kappa shape index (κ2) is 9.27. The number of carbonyl (C=O) groups excluding carboxylic acids is 1. The van der Waals surface area contributed by atoms with Crippen LogP contribution in [0.4, 0.5) is 4.39 Å². The topological polar surface area (TPSA) is 70.6 Å². The first-order chi connectivity index (χ1) is 15.3. The number of carbonyl (C=O) groups is 1. The Kier molecular flexibility index (Phi) is 6.62. The minimum atomic E-state index is -3.72. The zero-order valence-electron chi connectivity index (χ0n) is 17.3. The average Bonchev–Trinajstić information content (AvgIpc) is 3.15. The van der Waals surface area contributed by atoms with Crippen molar-refractivity contribution in [1.29, 1.82) is 0 Å². The first-order valence-corrected chi connectivity index (χ1v) is 12.6. The van der Waals surface area contributed by atoms with E-state index in [1.807, 2.05) is 0 Å². The van der Waals surface area contributed by atoms with E-state index in [2.05, 4.69) is 4.98 Å². The van der Waals surface area contributed by atoms with Crippen LogP contribution in [0.25, 0.3) is 0 Å². The van der Waals surface area contributed by atoms with Crippen molar-refractivity contribution in [2.45, 2.75) is 18.2 Å². The number of hydrogen-bond acceptors (Lipinski definition) is 5. The van der Waals surface area contributed by atoms with Gasteiger partial charge in [0.1, 0.15) is 15.6 Å². The number of halogens is 2. The van der Waals surface area contributed by atoms with Gasteiger partial charge in [0.2, 0.25) is 10.0 Å². The van der Waals surface area contributed by atoms with Gasteiger partial charge >= 0.3 is 0 Å². The third-order valence-corrected chi connectivity index (χ3v) is 8.83. The van der Waals surface area contributed by atoms with Crippen molar-refractivity contribution in [3.05, 3.63) is 80.5 Å². The molecule has 2 heterocycles. The van der Waals surface area contributed by atoms with Gasteiger partial charge in [0.15, 0.2) is 0 Å². The third-order valence-electron chi connectivity index (χ3n) is 5.28. The Morgan fingerprint density at radius 2 is 1.75 bits per heavy atom. The van der Waals surface area contributed by atoms with Gasteiger partial charge in [0.25, 0.3) is 5.91 Å². The van der Waals surface area contributed by atoms with E-state index in [1.165, 1.54) is 33.8 Å². The standard InChI is InChI=1S/C22H21ClFN3O3S2/c1-15-21(31-20(25-15)14-16-6-8-17(24)9-7-16)22(28)26-10-12-27(13-11-26)32(29,30)19-5-3-2-4-18(19)23/h2-9H,10-14H2,1H3. The number of benzene rings is 2. The lowest BCUT2D eigenvalue weighted by molar-refractivity contribution is 0.0702. The molecule has 0 saturated carbocycles. The largest absolute Gasteiger partial charge is 0.335 e. The molecule has 3 aromatic rings. The van der Waals surface area contributed by atoms with E-state index in [4.69, 9.17) is 11.6 Å². The molecule has 1 amide bonds. The SMILES string of the molecule is Cc1nc(Cc2ccc(F)cc2)sc1C(=O)N1CCN(S(=O)(=O)c2ccccc2Cl)CC1. The molecule has 0 radical (unpaired) electrons. The molecule has 0 N–H and O–H groups in total. The van der Waals surface area contributed by atoms with Gasteiger partial charge < -0.3 is 4.90 Å². The summed E-state index contributed by atoms with van der Waals surface area (Å²) in [5.74, 6) is -0.448. The van der Waals surface area contributed by atoms with Gasteiger partial charge in [-0.15, -0.1) is 11.3 Å². The highest BCUT2D eigenvalue weighted by atomic mass is 35.5. The molecule has 2 aromatic carbocycles. The molecule has 10 heteroatoms. The second-order valence-corrected chi connectivity index (χ2v) is 10.8. The van der Waals surface area contributed by atoms with Crippen LogP contribution in [-0.4, -0.2) is 54.7 Å². The summed E-state index contributed by atoms with van der Waals surface area (Å²) >= 11 is 7.40. The predicted octanol–water partition coefficient (Wildman–Crippen LogP) is 3.98. The Balaban J connectivity index is 1.43. The molecule has 0 unspecified atom stereocenters. The Hall–Kier alpha value is -2.33. The number of aromatic nitrogens is 1. The van der Waals surface area contributed by atoms with Gasteiger partial charge in [0, 0.05) is 32.6 Å². The van der Waals surface area contributed by atoms with Crippen LogP contribution >= 0.6 is 22.9 Å². The van der Waals surface area contributed by atoms with Crippen molar-refractivity contribution in [2.24, 2.45) is 0 Å². The van der Waals surface area contributed by atoms with Crippen molar-refractivity contribution in [2.75, 3.05) is 26.2 Å². The maximum atomic E-state index is 13.1. The van der Waals surface area contributed by atoms with E-state index in [9.17, 15) is 17.6 Å². The van der Waals surface area contributed by atoms with Crippen LogP contribution in [0.5, 0.6) is 0 Å². The number of thiazole rings is 1. The van der Waals surface area contributed by atoms with Crippen LogP contribution in [0.2, 0.25) is 5.02 Å². The van der Waals surface area contributed by atoms with Crippen LogP contribution in [0.3, 0.4) is 0 Å². The lowest BCUT2D eigenvalue weighted by Crippen LogP contribution is -2.50. The summed E-state index contributed by atoms with van der Waals surface area (Å²) in [4.78, 5) is 19.8. The number of amides is 1. The van der Waals surface area contributed by atoms with Crippen molar-refractivity contribution in [3.8, 4) is 0 Å². The Morgan fingerprint density at radius 1 is 1.09 bits per heavy atom. The van der Waals surface area contributed by atoms with Gasteiger partial charge in [-0.05, 0) is 36.8 Å². The molecule has 1 fully saturated rings. The quantitative estimate of drug-likeness (QED) is 0.539. The summed E-state index contributed by atoms with van der Waals surface area (Å²) in [7, 11) is -3.72. The van der Waals surface area contributed by atoms with Gasteiger partial charge in [-0.1, -0.05) is 35.9 Å². The van der Waals surface area contributed by atoms with Gasteiger partial charge in [0.05, 0.1) is 15.7 Å². The molecule has 168 valence electrons. The molecule has 6 nitrogen and oxygen atoms in total. The second-order valence-electron chi connectivity index (χ2n) is 7.45. The first-order valence-electron chi connectivity index (χ1n) is 10.0. The highest BCUT2D eigenvalue weighted by Gasteiger charge is 2.32. The van der Waals surface area contributed by atoms with Crippen molar-refractivity contribution in [3.63, 3.8) is 0 Å². The maximum absolute atomic E-state index is 13.1. The molecule has 0 spiro atoms. The smallest absolute Gasteiger partial charge is 0.265 e. The van der Waals surface area contributed by atoms with Crippen LogP contribution in [0, 0.1) is 12.7 Å². The Morgan fingerprint density at radius 3 is 2.41 bits per heavy atom. The number of piperazine rings is 1. The van der Waals surface area contributed by atoms with E-state index < -0.39 is 10.0 Å². The fraction of sp³-hybridized carbons (Fsp3) is 0.273. The van der Waals surface area contributed by atoms with Crippen LogP contribution in [0.15, 0.2) is 53.4 Å². The minimum Gasteiger partial charge on any atom is -0.335 e. The number of hydrogen-bond donors (Lipinski definition) is 0. The number of aryl methyl sites for hydroxylation is 1. The summed E-state index contributed by atoms with van der Waals surface area (Å²) < 4.78 is 40.3. The van der Waals surface area contributed by atoms with E-state index in [0.29, 0.717) is 17.0 Å². The monoisotopic (exact) mass is 493 g/mol. The average molecular weight is 494 g/mol. The first kappa shape index (κ1) is 22.8. The normalized spacial score (nSPS) is 15.2. The van der Waals surface area contributed by atoms with Crippen LogP contribution in [-0.2, 0) is 16.4 Å². The predicted molar refractivity (Wildman–Crippen MR) is 122 cm³/mol. The highest BCUT2D eigenvalue weighted by molar-refractivity contribution is 7.89. The summed E-state index contributed by atoms with van der Waals surface area (Å²) in [6.07, 6.45) is 0.517. The van der Waals surface area contributed by atoms with E-state index in [0.717, 1.165) is 10.6 Å². The van der Waals surface area contributed by atoms with E-state index >= 15 is 0 Å². The third kappa shape index (κ3) is 4.71. The van der Waals surface area contributed by atoms with E-state index in [1.54, 1.807) is 42.2 Å². The molecule has 1 aliphatic rings. The zero-order chi connectivity index (χ0) is 22.9. The summed E-state index contributed by atoms with van der Waals surface area (Å²) in [6.45, 7) is 2.75. The maximum Gasteiger partial charge on any atom is 0.265 e. The van der Waals surface area contributed by atoms with Crippen LogP contribution < -0.4 is 0 Å². The summed E-state index contributed by atoms with van der Waals surface area (Å²) in [6, 6.07) is 12.5. The number of nitrogens with zero attached hydrogens (tertiary/aromatic N) is 3. The minimum absolute atomic E-state index is 0.0742. The number of rotatable bonds is 5. The Bertz CT molecular complexity index is 1240. The molecule has 4 rings (SSSR count). The molecule has 1 aliphatic heterocycles. The molecule has 0 bridgehead atoms. The van der Waals surface area contributed by atoms with Crippen molar-refractivity contribution >= 4 is 38.9 Å².